The van der Waals surface area contributed by atoms with E-state index >= 15 is 0 Å². The van der Waals surface area contributed by atoms with Crippen LogP contribution < -0.4 is 20.7 Å². The van der Waals surface area contributed by atoms with Crippen LogP contribution in [0, 0.1) is 12.8 Å². The molecule has 2 unspecified atom stereocenters. The van der Waals surface area contributed by atoms with Gasteiger partial charge >= 0.3 is 0 Å². The van der Waals surface area contributed by atoms with Crippen molar-refractivity contribution in [3.8, 4) is 5.75 Å². The number of aliphatic imine (C=N–C) groups is 1. The summed E-state index contributed by atoms with van der Waals surface area (Å²) in [7, 11) is 0. The molecule has 2 aliphatic carbocycles. The molecule has 30 heavy (non-hydrogen) atoms. The van der Waals surface area contributed by atoms with Crippen LogP contribution in [0.1, 0.15) is 63.5 Å². The molecule has 2 atom stereocenters. The van der Waals surface area contributed by atoms with Gasteiger partial charge in [-0.3, -0.25) is 4.79 Å². The maximum atomic E-state index is 12.4. The predicted molar refractivity (Wildman–Crippen MR) is 133 cm³/mol. The number of amides is 1. The lowest BCUT2D eigenvalue weighted by atomic mass is 9.85. The van der Waals surface area contributed by atoms with Crippen molar-refractivity contribution in [2.24, 2.45) is 10.9 Å². The molecular formula is C23H37IN4O2. The molecule has 7 heteroatoms. The fraction of sp³-hybridized carbons (Fsp3) is 0.652. The summed E-state index contributed by atoms with van der Waals surface area (Å²) in [5.41, 5.74) is 2.29. The van der Waals surface area contributed by atoms with Crippen molar-refractivity contribution in [3.05, 3.63) is 29.3 Å². The largest absolute Gasteiger partial charge is 0.494 e. The Labute approximate surface area is 198 Å². The molecule has 0 radical (unpaired) electrons. The molecule has 0 aliphatic heterocycles. The molecule has 2 fully saturated rings. The molecule has 2 saturated carbocycles. The lowest BCUT2D eigenvalue weighted by molar-refractivity contribution is -0.126. The summed E-state index contributed by atoms with van der Waals surface area (Å²) >= 11 is 0. The van der Waals surface area contributed by atoms with Crippen molar-refractivity contribution >= 4 is 35.8 Å². The number of halogens is 1. The average Bonchev–Trinajstić information content (AvgIpc) is 3.52. The zero-order valence-corrected chi connectivity index (χ0v) is 20.8. The molecule has 1 aromatic carbocycles. The second-order valence-corrected chi connectivity index (χ2v) is 8.22. The van der Waals surface area contributed by atoms with Crippen LogP contribution in [0.3, 0.4) is 0 Å². The van der Waals surface area contributed by atoms with Gasteiger partial charge in [-0.15, -0.1) is 24.0 Å². The Hall–Kier alpha value is -1.51. The van der Waals surface area contributed by atoms with E-state index in [0.29, 0.717) is 25.2 Å². The molecule has 3 rings (SSSR count). The predicted octanol–water partition coefficient (Wildman–Crippen LogP) is 3.90. The molecule has 0 bridgehead atoms. The number of ether oxygens (including phenoxy) is 1. The quantitative estimate of drug-likeness (QED) is 0.272. The van der Waals surface area contributed by atoms with Gasteiger partial charge in [-0.05, 0) is 70.1 Å². The number of benzene rings is 1. The van der Waals surface area contributed by atoms with Gasteiger partial charge in [0.05, 0.1) is 13.2 Å². The number of hydrogen-bond acceptors (Lipinski definition) is 3. The van der Waals surface area contributed by atoms with Gasteiger partial charge in [0.25, 0.3) is 0 Å². The number of carbonyl (C=O) groups is 1. The zero-order chi connectivity index (χ0) is 20.6. The highest BCUT2D eigenvalue weighted by molar-refractivity contribution is 14.0. The van der Waals surface area contributed by atoms with E-state index in [1.165, 1.54) is 0 Å². The van der Waals surface area contributed by atoms with Gasteiger partial charge in [0.2, 0.25) is 5.91 Å². The van der Waals surface area contributed by atoms with Crippen molar-refractivity contribution in [1.29, 1.82) is 0 Å². The van der Waals surface area contributed by atoms with Gasteiger partial charge in [-0.25, -0.2) is 4.99 Å². The molecular weight excluding hydrogens is 491 g/mol. The van der Waals surface area contributed by atoms with E-state index in [2.05, 4.69) is 41.9 Å². The molecule has 6 nitrogen and oxygen atoms in total. The first-order valence-electron chi connectivity index (χ1n) is 11.2. The zero-order valence-electron chi connectivity index (χ0n) is 18.5. The molecule has 0 aromatic heterocycles. The third-order valence-corrected chi connectivity index (χ3v) is 5.61. The van der Waals surface area contributed by atoms with Crippen LogP contribution in [0.2, 0.25) is 0 Å². The molecule has 0 saturated heterocycles. The van der Waals surface area contributed by atoms with Crippen LogP contribution in [-0.2, 0) is 11.3 Å². The number of rotatable bonds is 8. The van der Waals surface area contributed by atoms with Gasteiger partial charge in [0.1, 0.15) is 5.75 Å². The van der Waals surface area contributed by atoms with E-state index < -0.39 is 0 Å². The van der Waals surface area contributed by atoms with E-state index in [4.69, 9.17) is 9.73 Å². The van der Waals surface area contributed by atoms with E-state index in [0.717, 1.165) is 67.9 Å². The number of nitrogens with zero attached hydrogens (tertiary/aromatic N) is 1. The summed E-state index contributed by atoms with van der Waals surface area (Å²) in [6.45, 7) is 8.24. The maximum Gasteiger partial charge on any atom is 0.223 e. The molecule has 3 N–H and O–H groups in total. The summed E-state index contributed by atoms with van der Waals surface area (Å²) in [5, 5.41) is 10.1. The van der Waals surface area contributed by atoms with Crippen LogP contribution in [0.25, 0.3) is 0 Å². The van der Waals surface area contributed by atoms with Crippen LogP contribution in [-0.4, -0.2) is 37.1 Å². The SMILES string of the molecule is CCNC(=NCc1ccc(OCC)c(C)c1)NC1CCCC(C(=O)NC2CC2)C1.I. The first-order chi connectivity index (χ1) is 14.1. The summed E-state index contributed by atoms with van der Waals surface area (Å²) in [6.07, 6.45) is 6.32. The fourth-order valence-corrected chi connectivity index (χ4v) is 3.92. The number of guanidine groups is 1. The van der Waals surface area contributed by atoms with Gasteiger partial charge in [-0.1, -0.05) is 18.6 Å². The Morgan fingerprint density at radius 3 is 2.60 bits per heavy atom. The minimum atomic E-state index is 0. The number of aryl methyl sites for hydroxylation is 1. The highest BCUT2D eigenvalue weighted by Crippen LogP contribution is 2.27. The van der Waals surface area contributed by atoms with Crippen molar-refractivity contribution in [2.75, 3.05) is 13.2 Å². The van der Waals surface area contributed by atoms with Gasteiger partial charge in [0.15, 0.2) is 5.96 Å². The smallest absolute Gasteiger partial charge is 0.223 e. The number of carbonyl (C=O) groups excluding carboxylic acids is 1. The third kappa shape index (κ3) is 7.63. The van der Waals surface area contributed by atoms with E-state index in [1.807, 2.05) is 13.0 Å². The van der Waals surface area contributed by atoms with Crippen LogP contribution in [0.15, 0.2) is 23.2 Å². The Morgan fingerprint density at radius 1 is 1.13 bits per heavy atom. The first kappa shape index (κ1) is 24.8. The lowest BCUT2D eigenvalue weighted by Gasteiger charge is -2.30. The van der Waals surface area contributed by atoms with E-state index in [-0.39, 0.29) is 35.8 Å². The summed E-state index contributed by atoms with van der Waals surface area (Å²) in [4.78, 5) is 17.2. The molecule has 1 amide bonds. The van der Waals surface area contributed by atoms with Crippen molar-refractivity contribution in [1.82, 2.24) is 16.0 Å². The molecule has 2 aliphatic rings. The molecule has 1 aromatic rings. The third-order valence-electron chi connectivity index (χ3n) is 5.61. The minimum Gasteiger partial charge on any atom is -0.494 e. The van der Waals surface area contributed by atoms with Gasteiger partial charge in [-0.2, -0.15) is 0 Å². The minimum absolute atomic E-state index is 0. The molecule has 0 spiro atoms. The van der Waals surface area contributed by atoms with Crippen molar-refractivity contribution in [2.45, 2.75) is 77.9 Å². The average molecular weight is 528 g/mol. The lowest BCUT2D eigenvalue weighted by Crippen LogP contribution is -2.47. The maximum absolute atomic E-state index is 12.4. The van der Waals surface area contributed by atoms with Gasteiger partial charge < -0.3 is 20.7 Å². The van der Waals surface area contributed by atoms with E-state index in [9.17, 15) is 4.79 Å². The highest BCUT2D eigenvalue weighted by Gasteiger charge is 2.31. The number of nitrogens with one attached hydrogen (secondary N) is 3. The highest BCUT2D eigenvalue weighted by atomic mass is 127. The van der Waals surface area contributed by atoms with Gasteiger partial charge in [0, 0.05) is 24.5 Å². The molecule has 168 valence electrons. The molecule has 0 heterocycles. The summed E-state index contributed by atoms with van der Waals surface area (Å²) in [5.74, 6) is 2.12. The summed E-state index contributed by atoms with van der Waals surface area (Å²) < 4.78 is 5.62. The monoisotopic (exact) mass is 528 g/mol. The second-order valence-electron chi connectivity index (χ2n) is 8.22. The second kappa shape index (κ2) is 12.4. The van der Waals surface area contributed by atoms with Crippen molar-refractivity contribution < 1.29 is 9.53 Å². The Balaban J connectivity index is 0.00000320. The Bertz CT molecular complexity index is 721. The van der Waals surface area contributed by atoms with Crippen LogP contribution >= 0.6 is 24.0 Å². The number of hydrogen-bond donors (Lipinski definition) is 3. The standard InChI is InChI=1S/C23H36N4O2.HI/c1-4-24-23(25-15-17-9-12-21(29-5-2)16(3)13-17)27-20-8-6-7-18(14-20)22(28)26-19-10-11-19;/h9,12-13,18-20H,4-8,10-11,14-15H2,1-3H3,(H,26,28)(H2,24,25,27);1H. The van der Waals surface area contributed by atoms with Crippen LogP contribution in [0.5, 0.6) is 5.75 Å². The van der Waals surface area contributed by atoms with Crippen LogP contribution in [0.4, 0.5) is 0 Å². The fourth-order valence-electron chi connectivity index (χ4n) is 3.92. The Morgan fingerprint density at radius 2 is 1.93 bits per heavy atom. The first-order valence-corrected chi connectivity index (χ1v) is 11.2. The normalized spacial score (nSPS) is 21.4. The van der Waals surface area contributed by atoms with E-state index in [1.54, 1.807) is 0 Å². The Kier molecular flexibility index (Phi) is 10.2. The van der Waals surface area contributed by atoms with Crippen molar-refractivity contribution in [3.63, 3.8) is 0 Å². The summed E-state index contributed by atoms with van der Waals surface area (Å²) in [6, 6.07) is 6.96. The topological polar surface area (TPSA) is 74.8 Å².